The van der Waals surface area contributed by atoms with Gasteiger partial charge in [-0.05, 0) is 30.5 Å². The Balaban J connectivity index is 2.15. The number of ether oxygens (including phenoxy) is 1. The quantitative estimate of drug-likeness (QED) is 0.400. The number of hydrogen-bond acceptors (Lipinski definition) is 3. The number of phenols is 1. The Labute approximate surface area is 141 Å². The minimum absolute atomic E-state index is 0.0105. The minimum Gasteiger partial charge on any atom is -0.507 e. The van der Waals surface area contributed by atoms with Gasteiger partial charge < -0.3 is 9.84 Å². The van der Waals surface area contributed by atoms with Crippen LogP contribution < -0.4 is 0 Å². The number of unbranched alkanes of at least 4 members (excludes halogenated alkanes) is 9. The van der Waals surface area contributed by atoms with E-state index in [2.05, 4.69) is 11.7 Å². The molecule has 3 nitrogen and oxygen atoms in total. The van der Waals surface area contributed by atoms with Crippen LogP contribution in [0.4, 0.5) is 0 Å². The third kappa shape index (κ3) is 8.06. The number of hydrogen-bond donors (Lipinski definition) is 1. The van der Waals surface area contributed by atoms with Crippen LogP contribution in [0.3, 0.4) is 0 Å². The number of methoxy groups -OCH3 is 1. The molecular weight excluding hydrogens is 288 g/mol. The Hall–Kier alpha value is -1.51. The predicted octanol–water partition coefficient (Wildman–Crippen LogP) is 5.64. The van der Waals surface area contributed by atoms with Crippen LogP contribution in [0, 0.1) is 0 Å². The van der Waals surface area contributed by atoms with E-state index in [1.807, 2.05) is 6.07 Å². The molecule has 0 spiro atoms. The fourth-order valence-electron chi connectivity index (χ4n) is 2.83. The van der Waals surface area contributed by atoms with Crippen LogP contribution in [0.15, 0.2) is 18.2 Å². The molecule has 0 aromatic heterocycles. The van der Waals surface area contributed by atoms with Crippen molar-refractivity contribution < 1.29 is 14.6 Å². The average Bonchev–Trinajstić information content (AvgIpc) is 2.57. The smallest absolute Gasteiger partial charge is 0.341 e. The standard InChI is InChI=1S/C20H32O3/c1-3-4-5-6-7-8-9-10-11-12-13-17-14-15-19(21)18(16-17)20(22)23-2/h14-16,21H,3-13H2,1-2H3. The van der Waals surface area contributed by atoms with Crippen LogP contribution in [-0.2, 0) is 11.2 Å². The van der Waals surface area contributed by atoms with E-state index in [1.165, 1.54) is 64.9 Å². The van der Waals surface area contributed by atoms with Crippen molar-refractivity contribution in [2.45, 2.75) is 77.6 Å². The van der Waals surface area contributed by atoms with Gasteiger partial charge in [-0.15, -0.1) is 0 Å². The van der Waals surface area contributed by atoms with Gasteiger partial charge in [-0.3, -0.25) is 0 Å². The largest absolute Gasteiger partial charge is 0.507 e. The van der Waals surface area contributed by atoms with Crippen molar-refractivity contribution in [1.29, 1.82) is 0 Å². The summed E-state index contributed by atoms with van der Waals surface area (Å²) in [4.78, 5) is 11.5. The molecule has 0 saturated heterocycles. The van der Waals surface area contributed by atoms with Gasteiger partial charge >= 0.3 is 5.97 Å². The second-order valence-electron chi connectivity index (χ2n) is 6.28. The lowest BCUT2D eigenvalue weighted by Gasteiger charge is -2.06. The first-order valence-corrected chi connectivity index (χ1v) is 9.09. The first-order chi connectivity index (χ1) is 11.2. The molecule has 0 aliphatic carbocycles. The molecule has 0 atom stereocenters. The average molecular weight is 320 g/mol. The molecular formula is C20H32O3. The highest BCUT2D eigenvalue weighted by molar-refractivity contribution is 5.92. The number of aromatic hydroxyl groups is 1. The van der Waals surface area contributed by atoms with Gasteiger partial charge in [-0.2, -0.15) is 0 Å². The highest BCUT2D eigenvalue weighted by atomic mass is 16.5. The fraction of sp³-hybridized carbons (Fsp3) is 0.650. The molecule has 0 unspecified atom stereocenters. The number of rotatable bonds is 12. The zero-order chi connectivity index (χ0) is 16.9. The lowest BCUT2D eigenvalue weighted by molar-refractivity contribution is 0.0597. The van der Waals surface area contributed by atoms with E-state index in [1.54, 1.807) is 12.1 Å². The summed E-state index contributed by atoms with van der Waals surface area (Å²) in [6.07, 6.45) is 14.1. The maximum atomic E-state index is 11.5. The third-order valence-electron chi connectivity index (χ3n) is 4.29. The SMILES string of the molecule is CCCCCCCCCCCCc1ccc(O)c(C(=O)OC)c1. The molecule has 0 fully saturated rings. The van der Waals surface area contributed by atoms with Crippen molar-refractivity contribution in [2.24, 2.45) is 0 Å². The van der Waals surface area contributed by atoms with Crippen molar-refractivity contribution >= 4 is 5.97 Å². The van der Waals surface area contributed by atoms with E-state index in [0.29, 0.717) is 0 Å². The van der Waals surface area contributed by atoms with Crippen LogP contribution in [0.25, 0.3) is 0 Å². The normalized spacial score (nSPS) is 10.7. The first-order valence-electron chi connectivity index (χ1n) is 9.09. The van der Waals surface area contributed by atoms with Gasteiger partial charge in [0.1, 0.15) is 11.3 Å². The molecule has 23 heavy (non-hydrogen) atoms. The Morgan fingerprint density at radius 3 is 2.09 bits per heavy atom. The van der Waals surface area contributed by atoms with E-state index in [9.17, 15) is 9.90 Å². The number of phenolic OH excluding ortho intramolecular Hbond substituents is 1. The van der Waals surface area contributed by atoms with Gasteiger partial charge in [0.15, 0.2) is 0 Å². The first kappa shape index (κ1) is 19.5. The molecule has 1 aromatic carbocycles. The summed E-state index contributed by atoms with van der Waals surface area (Å²) in [5.74, 6) is -0.490. The van der Waals surface area contributed by atoms with Gasteiger partial charge in [0.05, 0.1) is 7.11 Å². The molecule has 0 aliphatic heterocycles. The van der Waals surface area contributed by atoms with E-state index >= 15 is 0 Å². The zero-order valence-electron chi connectivity index (χ0n) is 14.8. The Kier molecular flexibility index (Phi) is 10.2. The van der Waals surface area contributed by atoms with E-state index in [0.717, 1.165) is 18.4 Å². The highest BCUT2D eigenvalue weighted by Crippen LogP contribution is 2.21. The number of carbonyl (C=O) groups is 1. The fourth-order valence-corrected chi connectivity index (χ4v) is 2.83. The summed E-state index contributed by atoms with van der Waals surface area (Å²) in [6, 6.07) is 5.21. The Bertz CT molecular complexity index is 454. The van der Waals surface area contributed by atoms with Crippen molar-refractivity contribution in [3.8, 4) is 5.75 Å². The Morgan fingerprint density at radius 2 is 1.52 bits per heavy atom. The monoisotopic (exact) mass is 320 g/mol. The van der Waals surface area contributed by atoms with Gasteiger partial charge in [0.25, 0.3) is 0 Å². The second kappa shape index (κ2) is 12.0. The van der Waals surface area contributed by atoms with Gasteiger partial charge in [0.2, 0.25) is 0 Å². The Morgan fingerprint density at radius 1 is 0.957 bits per heavy atom. The lowest BCUT2D eigenvalue weighted by Crippen LogP contribution is -2.02. The molecule has 0 amide bonds. The van der Waals surface area contributed by atoms with E-state index in [4.69, 9.17) is 0 Å². The van der Waals surface area contributed by atoms with Crippen molar-refractivity contribution in [2.75, 3.05) is 7.11 Å². The molecule has 1 rings (SSSR count). The van der Waals surface area contributed by atoms with E-state index in [-0.39, 0.29) is 11.3 Å². The summed E-state index contributed by atoms with van der Waals surface area (Å²) in [5.41, 5.74) is 1.35. The van der Waals surface area contributed by atoms with Gasteiger partial charge in [-0.1, -0.05) is 70.8 Å². The summed E-state index contributed by atoms with van der Waals surface area (Å²) < 4.78 is 4.68. The predicted molar refractivity (Wildman–Crippen MR) is 95.0 cm³/mol. The number of benzene rings is 1. The molecule has 0 heterocycles. The van der Waals surface area contributed by atoms with Gasteiger partial charge in [0, 0.05) is 0 Å². The maximum absolute atomic E-state index is 11.5. The summed E-state index contributed by atoms with van der Waals surface area (Å²) >= 11 is 0. The molecule has 1 aromatic rings. The second-order valence-corrected chi connectivity index (χ2v) is 6.28. The lowest BCUT2D eigenvalue weighted by atomic mass is 10.0. The molecule has 0 aliphatic rings. The summed E-state index contributed by atoms with van der Waals surface area (Å²) in [6.45, 7) is 2.25. The van der Waals surface area contributed by atoms with Crippen molar-refractivity contribution in [3.63, 3.8) is 0 Å². The number of carbonyl (C=O) groups excluding carboxylic acids is 1. The van der Waals surface area contributed by atoms with E-state index < -0.39 is 5.97 Å². The van der Waals surface area contributed by atoms with Crippen LogP contribution >= 0.6 is 0 Å². The van der Waals surface area contributed by atoms with Gasteiger partial charge in [-0.25, -0.2) is 4.79 Å². The van der Waals surface area contributed by atoms with Crippen LogP contribution in [0.1, 0.15) is 87.1 Å². The minimum atomic E-state index is -0.479. The molecule has 130 valence electrons. The van der Waals surface area contributed by atoms with Crippen LogP contribution in [-0.4, -0.2) is 18.2 Å². The zero-order valence-corrected chi connectivity index (χ0v) is 14.8. The topological polar surface area (TPSA) is 46.5 Å². The molecule has 0 radical (unpaired) electrons. The maximum Gasteiger partial charge on any atom is 0.341 e. The molecule has 3 heteroatoms. The number of aryl methyl sites for hydroxylation is 1. The van der Waals surface area contributed by atoms with Crippen molar-refractivity contribution in [3.05, 3.63) is 29.3 Å². The summed E-state index contributed by atoms with van der Waals surface area (Å²) in [7, 11) is 1.33. The molecule has 0 bridgehead atoms. The van der Waals surface area contributed by atoms with Crippen LogP contribution in [0.2, 0.25) is 0 Å². The summed E-state index contributed by atoms with van der Waals surface area (Å²) in [5, 5.41) is 9.68. The van der Waals surface area contributed by atoms with Crippen molar-refractivity contribution in [1.82, 2.24) is 0 Å². The van der Waals surface area contributed by atoms with Crippen LogP contribution in [0.5, 0.6) is 5.75 Å². The molecule has 0 saturated carbocycles. The highest BCUT2D eigenvalue weighted by Gasteiger charge is 2.11. The molecule has 1 N–H and O–H groups in total. The third-order valence-corrected chi connectivity index (χ3v) is 4.29. The number of esters is 1.